The molecule has 2 unspecified atom stereocenters. The summed E-state index contributed by atoms with van der Waals surface area (Å²) < 4.78 is 0. The molecule has 0 aromatic heterocycles. The van der Waals surface area contributed by atoms with Crippen LogP contribution in [0.5, 0.6) is 0 Å². The van der Waals surface area contributed by atoms with E-state index in [2.05, 4.69) is 30.7 Å². The molecule has 0 bridgehead atoms. The van der Waals surface area contributed by atoms with E-state index < -0.39 is 0 Å². The first-order chi connectivity index (χ1) is 7.65. The van der Waals surface area contributed by atoms with Crippen molar-refractivity contribution in [3.63, 3.8) is 0 Å². The van der Waals surface area contributed by atoms with Crippen LogP contribution in [-0.2, 0) is 0 Å². The summed E-state index contributed by atoms with van der Waals surface area (Å²) in [6.07, 6.45) is 5.78. The molecule has 1 heterocycles. The van der Waals surface area contributed by atoms with Crippen molar-refractivity contribution in [1.29, 1.82) is 0 Å². The summed E-state index contributed by atoms with van der Waals surface area (Å²) in [7, 11) is 2.25. The molecule has 2 heteroatoms. The molecule has 2 atom stereocenters. The van der Waals surface area contributed by atoms with Crippen LogP contribution < -0.4 is 0 Å². The summed E-state index contributed by atoms with van der Waals surface area (Å²) in [5.41, 5.74) is 0. The van der Waals surface area contributed by atoms with Crippen LogP contribution in [0.1, 0.15) is 39.5 Å². The third-order valence-corrected chi connectivity index (χ3v) is 4.56. The van der Waals surface area contributed by atoms with Crippen LogP contribution >= 0.6 is 0 Å². The zero-order chi connectivity index (χ0) is 11.5. The van der Waals surface area contributed by atoms with Crippen LogP contribution in [0.2, 0.25) is 0 Å². The lowest BCUT2D eigenvalue weighted by atomic mass is 9.98. The summed E-state index contributed by atoms with van der Waals surface area (Å²) in [5, 5.41) is 0. The Morgan fingerprint density at radius 1 is 0.812 bits per heavy atom. The minimum absolute atomic E-state index is 0.876. The number of piperazine rings is 1. The van der Waals surface area contributed by atoms with Gasteiger partial charge in [0.2, 0.25) is 0 Å². The van der Waals surface area contributed by atoms with E-state index >= 15 is 0 Å². The Bertz CT molecular complexity index is 197. The quantitative estimate of drug-likeness (QED) is 0.631. The fourth-order valence-electron chi connectivity index (χ4n) is 3.32. The molecular formula is C14H28N2. The molecule has 2 fully saturated rings. The van der Waals surface area contributed by atoms with Gasteiger partial charge in [-0.15, -0.1) is 0 Å². The SMILES string of the molecule is CC1CCC(C)CC(N2CCN(C)CC2)C1. The van der Waals surface area contributed by atoms with Crippen molar-refractivity contribution in [1.82, 2.24) is 9.80 Å². The molecule has 2 rings (SSSR count). The number of hydrogen-bond donors (Lipinski definition) is 0. The predicted molar refractivity (Wildman–Crippen MR) is 69.7 cm³/mol. The van der Waals surface area contributed by atoms with Gasteiger partial charge in [-0.3, -0.25) is 4.90 Å². The van der Waals surface area contributed by atoms with Gasteiger partial charge in [0, 0.05) is 32.2 Å². The Morgan fingerprint density at radius 3 is 1.81 bits per heavy atom. The lowest BCUT2D eigenvalue weighted by Crippen LogP contribution is -2.49. The zero-order valence-electron chi connectivity index (χ0n) is 11.3. The number of likely N-dealkylation sites (N-methyl/N-ethyl adjacent to an activating group) is 1. The molecule has 0 aromatic rings. The summed E-state index contributed by atoms with van der Waals surface area (Å²) in [6.45, 7) is 10.0. The lowest BCUT2D eigenvalue weighted by molar-refractivity contribution is 0.0929. The largest absolute Gasteiger partial charge is 0.304 e. The van der Waals surface area contributed by atoms with Gasteiger partial charge >= 0.3 is 0 Å². The third-order valence-electron chi connectivity index (χ3n) is 4.56. The second kappa shape index (κ2) is 5.50. The van der Waals surface area contributed by atoms with Gasteiger partial charge in [-0.05, 0) is 31.7 Å². The van der Waals surface area contributed by atoms with Crippen molar-refractivity contribution >= 4 is 0 Å². The van der Waals surface area contributed by atoms with Gasteiger partial charge in [0.15, 0.2) is 0 Å². The van der Waals surface area contributed by atoms with Crippen molar-refractivity contribution in [3.05, 3.63) is 0 Å². The Balaban J connectivity index is 1.91. The fraction of sp³-hybridized carbons (Fsp3) is 1.00. The Hall–Kier alpha value is -0.0800. The molecule has 1 saturated carbocycles. The molecule has 2 nitrogen and oxygen atoms in total. The first kappa shape index (κ1) is 12.4. The van der Waals surface area contributed by atoms with E-state index in [0.29, 0.717) is 0 Å². The maximum Gasteiger partial charge on any atom is 0.0113 e. The highest BCUT2D eigenvalue weighted by atomic mass is 15.3. The number of rotatable bonds is 1. The van der Waals surface area contributed by atoms with E-state index in [0.717, 1.165) is 17.9 Å². The van der Waals surface area contributed by atoms with Gasteiger partial charge < -0.3 is 4.90 Å². The highest BCUT2D eigenvalue weighted by molar-refractivity contribution is 4.82. The molecule has 0 radical (unpaired) electrons. The molecule has 1 aliphatic carbocycles. The van der Waals surface area contributed by atoms with Crippen LogP contribution in [0.25, 0.3) is 0 Å². The van der Waals surface area contributed by atoms with Crippen LogP contribution in [0.3, 0.4) is 0 Å². The van der Waals surface area contributed by atoms with E-state index in [4.69, 9.17) is 0 Å². The lowest BCUT2D eigenvalue weighted by Gasteiger charge is -2.38. The van der Waals surface area contributed by atoms with Crippen molar-refractivity contribution in [2.75, 3.05) is 33.2 Å². The molecule has 1 saturated heterocycles. The molecule has 16 heavy (non-hydrogen) atoms. The van der Waals surface area contributed by atoms with E-state index in [1.165, 1.54) is 51.9 Å². The van der Waals surface area contributed by atoms with Gasteiger partial charge in [0.25, 0.3) is 0 Å². The Labute approximate surface area is 101 Å². The first-order valence-corrected chi connectivity index (χ1v) is 7.07. The van der Waals surface area contributed by atoms with Crippen LogP contribution in [0, 0.1) is 11.8 Å². The highest BCUT2D eigenvalue weighted by Crippen LogP contribution is 2.30. The van der Waals surface area contributed by atoms with Crippen molar-refractivity contribution in [2.24, 2.45) is 11.8 Å². The summed E-state index contributed by atoms with van der Waals surface area (Å²) in [6, 6.07) is 0.876. The van der Waals surface area contributed by atoms with Gasteiger partial charge in [0.1, 0.15) is 0 Å². The Morgan fingerprint density at radius 2 is 1.31 bits per heavy atom. The van der Waals surface area contributed by atoms with Gasteiger partial charge in [0.05, 0.1) is 0 Å². The molecule has 0 N–H and O–H groups in total. The van der Waals surface area contributed by atoms with Crippen molar-refractivity contribution in [2.45, 2.75) is 45.6 Å². The topological polar surface area (TPSA) is 6.48 Å². The van der Waals surface area contributed by atoms with E-state index in [-0.39, 0.29) is 0 Å². The average Bonchev–Trinajstić information content (AvgIpc) is 2.42. The normalized spacial score (nSPS) is 39.6. The predicted octanol–water partition coefficient (Wildman–Crippen LogP) is 2.45. The minimum Gasteiger partial charge on any atom is -0.304 e. The van der Waals surface area contributed by atoms with Gasteiger partial charge in [-0.1, -0.05) is 26.7 Å². The summed E-state index contributed by atoms with van der Waals surface area (Å²) in [5.74, 6) is 1.88. The molecule has 2 aliphatic rings. The maximum atomic E-state index is 2.76. The fourth-order valence-corrected chi connectivity index (χ4v) is 3.32. The maximum absolute atomic E-state index is 2.76. The molecule has 1 aliphatic heterocycles. The Kier molecular flexibility index (Phi) is 4.26. The highest BCUT2D eigenvalue weighted by Gasteiger charge is 2.27. The van der Waals surface area contributed by atoms with Crippen molar-refractivity contribution in [3.8, 4) is 0 Å². The zero-order valence-corrected chi connectivity index (χ0v) is 11.3. The second-order valence-corrected chi connectivity index (χ2v) is 6.25. The van der Waals surface area contributed by atoms with E-state index in [1.54, 1.807) is 0 Å². The van der Waals surface area contributed by atoms with Crippen LogP contribution in [-0.4, -0.2) is 49.1 Å². The van der Waals surface area contributed by atoms with Gasteiger partial charge in [-0.2, -0.15) is 0 Å². The van der Waals surface area contributed by atoms with Crippen molar-refractivity contribution < 1.29 is 0 Å². The molecular weight excluding hydrogens is 196 g/mol. The summed E-state index contributed by atoms with van der Waals surface area (Å²) in [4.78, 5) is 5.22. The van der Waals surface area contributed by atoms with E-state index in [1.807, 2.05) is 0 Å². The van der Waals surface area contributed by atoms with Crippen LogP contribution in [0.4, 0.5) is 0 Å². The molecule has 0 amide bonds. The third kappa shape index (κ3) is 3.21. The van der Waals surface area contributed by atoms with Gasteiger partial charge in [-0.25, -0.2) is 0 Å². The van der Waals surface area contributed by atoms with E-state index in [9.17, 15) is 0 Å². The summed E-state index contributed by atoms with van der Waals surface area (Å²) >= 11 is 0. The minimum atomic E-state index is 0.876. The van der Waals surface area contributed by atoms with Crippen LogP contribution in [0.15, 0.2) is 0 Å². The molecule has 0 spiro atoms. The number of nitrogens with zero attached hydrogens (tertiary/aromatic N) is 2. The standard InChI is InChI=1S/C14H28N2/c1-12-4-5-13(2)11-14(10-12)16-8-6-15(3)7-9-16/h12-14H,4-11H2,1-3H3. The average molecular weight is 224 g/mol. The smallest absolute Gasteiger partial charge is 0.0113 e. The monoisotopic (exact) mass is 224 g/mol. The molecule has 0 aromatic carbocycles. The molecule has 94 valence electrons. The first-order valence-electron chi connectivity index (χ1n) is 7.07. The second-order valence-electron chi connectivity index (χ2n) is 6.25. The number of hydrogen-bond acceptors (Lipinski definition) is 2.